The molecule has 0 aliphatic carbocycles. The van der Waals surface area contributed by atoms with Crippen LogP contribution in [-0.2, 0) is 14.3 Å². The van der Waals surface area contributed by atoms with Crippen molar-refractivity contribution in [2.75, 3.05) is 0 Å². The van der Waals surface area contributed by atoms with E-state index in [0.717, 1.165) is 19.3 Å². The highest BCUT2D eigenvalue weighted by molar-refractivity contribution is 5.85. The van der Waals surface area contributed by atoms with Gasteiger partial charge in [0.25, 0.3) is 0 Å². The maximum atomic E-state index is 11.9. The van der Waals surface area contributed by atoms with Gasteiger partial charge in [0.15, 0.2) is 24.1 Å². The fourth-order valence-electron chi connectivity index (χ4n) is 2.96. The summed E-state index contributed by atoms with van der Waals surface area (Å²) in [4.78, 5) is 23.0. The molecule has 1 saturated heterocycles. The zero-order chi connectivity index (χ0) is 17.9. The molecule has 140 valence electrons. The van der Waals surface area contributed by atoms with Crippen LogP contribution in [0.5, 0.6) is 0 Å². The molecule has 0 aromatic heterocycles. The zero-order valence-corrected chi connectivity index (χ0v) is 14.7. The third kappa shape index (κ3) is 6.87. The third-order valence-electron chi connectivity index (χ3n) is 4.57. The first kappa shape index (κ1) is 21.1. The lowest BCUT2D eigenvalue weighted by Gasteiger charge is -2.18. The number of carbonyl (C=O) groups is 2. The lowest BCUT2D eigenvalue weighted by atomic mass is 9.98. The Kier molecular flexibility index (Phi) is 10.1. The van der Waals surface area contributed by atoms with Crippen molar-refractivity contribution in [3.8, 4) is 0 Å². The molecule has 0 amide bonds. The van der Waals surface area contributed by atoms with Crippen LogP contribution in [0.4, 0.5) is 0 Å². The van der Waals surface area contributed by atoms with E-state index in [4.69, 9.17) is 0 Å². The molecule has 0 saturated carbocycles. The Morgan fingerprint density at radius 3 is 1.96 bits per heavy atom. The normalized spacial score (nSPS) is 24.8. The molecule has 0 bridgehead atoms. The van der Waals surface area contributed by atoms with Crippen molar-refractivity contribution in [1.82, 2.24) is 0 Å². The molecule has 1 aliphatic heterocycles. The van der Waals surface area contributed by atoms with Gasteiger partial charge in [-0.2, -0.15) is 0 Å². The quantitative estimate of drug-likeness (QED) is 0.348. The fourth-order valence-corrected chi connectivity index (χ4v) is 2.96. The molecule has 3 N–H and O–H groups in total. The number of ketones is 1. The van der Waals surface area contributed by atoms with Crippen LogP contribution in [0.1, 0.15) is 77.6 Å². The summed E-state index contributed by atoms with van der Waals surface area (Å²) in [5.74, 6) is -1.46. The van der Waals surface area contributed by atoms with Gasteiger partial charge in [-0.25, -0.2) is 4.79 Å². The van der Waals surface area contributed by atoms with Gasteiger partial charge in [-0.1, -0.05) is 64.7 Å². The highest BCUT2D eigenvalue weighted by Crippen LogP contribution is 2.21. The first-order chi connectivity index (χ1) is 11.5. The molecule has 1 rings (SSSR count). The van der Waals surface area contributed by atoms with E-state index in [1.165, 1.54) is 38.5 Å². The fraction of sp³-hybridized carbons (Fsp3) is 0.889. The van der Waals surface area contributed by atoms with Gasteiger partial charge >= 0.3 is 5.97 Å². The second-order valence-corrected chi connectivity index (χ2v) is 6.68. The molecule has 6 heteroatoms. The second kappa shape index (κ2) is 11.6. The minimum Gasteiger partial charge on any atom is -0.454 e. The summed E-state index contributed by atoms with van der Waals surface area (Å²) in [6.07, 6.45) is 5.52. The lowest BCUT2D eigenvalue weighted by molar-refractivity contribution is -0.153. The number of esters is 1. The van der Waals surface area contributed by atoms with Gasteiger partial charge < -0.3 is 20.1 Å². The van der Waals surface area contributed by atoms with E-state index in [0.29, 0.717) is 6.42 Å². The molecular formula is C18H32O6. The van der Waals surface area contributed by atoms with Gasteiger partial charge in [-0.3, -0.25) is 4.79 Å². The van der Waals surface area contributed by atoms with Crippen molar-refractivity contribution in [3.05, 3.63) is 0 Å². The molecule has 4 atom stereocenters. The molecule has 0 aromatic carbocycles. The highest BCUT2D eigenvalue weighted by Gasteiger charge is 2.47. The first-order valence-corrected chi connectivity index (χ1v) is 9.26. The smallest absolute Gasteiger partial charge is 0.338 e. The molecule has 0 aromatic rings. The van der Waals surface area contributed by atoms with Crippen LogP contribution in [-0.4, -0.2) is 51.5 Å². The van der Waals surface area contributed by atoms with Crippen LogP contribution < -0.4 is 0 Å². The van der Waals surface area contributed by atoms with Gasteiger partial charge in [0.05, 0.1) is 0 Å². The zero-order valence-electron chi connectivity index (χ0n) is 14.7. The SMILES string of the molecule is CCCCCCCCCCCCC(=O)[C@H](O)[C@H]1OC(=O)[C@@H](O)[C@H]1O. The van der Waals surface area contributed by atoms with Gasteiger partial charge in [-0.05, 0) is 6.42 Å². The Bertz CT molecular complexity index is 384. The number of unbranched alkanes of at least 4 members (excludes halogenated alkanes) is 9. The van der Waals surface area contributed by atoms with Crippen LogP contribution in [0.25, 0.3) is 0 Å². The number of rotatable bonds is 13. The summed E-state index contributed by atoms with van der Waals surface area (Å²) in [6, 6.07) is 0. The summed E-state index contributed by atoms with van der Waals surface area (Å²) in [5.41, 5.74) is 0. The Balaban J connectivity index is 2.06. The minimum absolute atomic E-state index is 0.189. The van der Waals surface area contributed by atoms with E-state index in [-0.39, 0.29) is 6.42 Å². The molecule has 6 nitrogen and oxygen atoms in total. The Labute approximate surface area is 144 Å². The number of ether oxygens (including phenoxy) is 1. The number of cyclic esters (lactones) is 1. The van der Waals surface area contributed by atoms with Gasteiger partial charge in [0.2, 0.25) is 0 Å². The number of aliphatic hydroxyl groups is 3. The average Bonchev–Trinajstić information content (AvgIpc) is 2.83. The maximum Gasteiger partial charge on any atom is 0.338 e. The van der Waals surface area contributed by atoms with Gasteiger partial charge in [0.1, 0.15) is 6.10 Å². The van der Waals surface area contributed by atoms with Crippen LogP contribution in [0.3, 0.4) is 0 Å². The van der Waals surface area contributed by atoms with E-state index < -0.39 is 36.2 Å². The van der Waals surface area contributed by atoms with Crippen molar-refractivity contribution < 1.29 is 29.6 Å². The molecule has 0 unspecified atom stereocenters. The van der Waals surface area contributed by atoms with Crippen molar-refractivity contribution in [2.45, 2.75) is 102 Å². The van der Waals surface area contributed by atoms with Crippen molar-refractivity contribution in [3.63, 3.8) is 0 Å². The molecule has 0 spiro atoms. The molecule has 1 aliphatic rings. The number of hydrogen-bond acceptors (Lipinski definition) is 6. The topological polar surface area (TPSA) is 104 Å². The summed E-state index contributed by atoms with van der Waals surface area (Å²) in [6.45, 7) is 2.21. The Morgan fingerprint density at radius 1 is 1.00 bits per heavy atom. The van der Waals surface area contributed by atoms with Crippen molar-refractivity contribution >= 4 is 11.8 Å². The molecule has 24 heavy (non-hydrogen) atoms. The summed E-state index contributed by atoms with van der Waals surface area (Å²) in [7, 11) is 0. The second-order valence-electron chi connectivity index (χ2n) is 6.68. The Morgan fingerprint density at radius 2 is 1.50 bits per heavy atom. The van der Waals surface area contributed by atoms with E-state index in [2.05, 4.69) is 11.7 Å². The summed E-state index contributed by atoms with van der Waals surface area (Å²) in [5, 5.41) is 28.7. The maximum absolute atomic E-state index is 11.9. The number of aliphatic hydroxyl groups excluding tert-OH is 3. The number of carbonyl (C=O) groups excluding carboxylic acids is 2. The van der Waals surface area contributed by atoms with E-state index >= 15 is 0 Å². The van der Waals surface area contributed by atoms with E-state index in [1.54, 1.807) is 0 Å². The predicted molar refractivity (Wildman–Crippen MR) is 89.4 cm³/mol. The Hall–Kier alpha value is -0.980. The molecular weight excluding hydrogens is 312 g/mol. The molecule has 0 radical (unpaired) electrons. The predicted octanol–water partition coefficient (Wildman–Crippen LogP) is 1.87. The summed E-state index contributed by atoms with van der Waals surface area (Å²) >= 11 is 0. The first-order valence-electron chi connectivity index (χ1n) is 9.26. The monoisotopic (exact) mass is 344 g/mol. The number of hydrogen-bond donors (Lipinski definition) is 3. The highest BCUT2D eigenvalue weighted by atomic mass is 16.6. The minimum atomic E-state index is -1.69. The summed E-state index contributed by atoms with van der Waals surface area (Å²) < 4.78 is 4.66. The third-order valence-corrected chi connectivity index (χ3v) is 4.57. The van der Waals surface area contributed by atoms with Crippen molar-refractivity contribution in [2.24, 2.45) is 0 Å². The average molecular weight is 344 g/mol. The van der Waals surface area contributed by atoms with E-state index in [9.17, 15) is 24.9 Å². The van der Waals surface area contributed by atoms with Crippen LogP contribution in [0, 0.1) is 0 Å². The standard InChI is InChI=1S/C18H32O6/c1-2-3-4-5-6-7-8-9-10-11-12-13(19)14(20)17-15(21)16(22)18(23)24-17/h14-17,20-22H,2-12H2,1H3/t14-,15+,16-,17+/m0/s1. The lowest BCUT2D eigenvalue weighted by Crippen LogP contribution is -2.42. The van der Waals surface area contributed by atoms with Crippen molar-refractivity contribution in [1.29, 1.82) is 0 Å². The van der Waals surface area contributed by atoms with Crippen LogP contribution in [0.15, 0.2) is 0 Å². The van der Waals surface area contributed by atoms with Crippen LogP contribution >= 0.6 is 0 Å². The van der Waals surface area contributed by atoms with Gasteiger partial charge in [-0.15, -0.1) is 0 Å². The van der Waals surface area contributed by atoms with Crippen LogP contribution in [0.2, 0.25) is 0 Å². The molecule has 1 fully saturated rings. The largest absolute Gasteiger partial charge is 0.454 e. The molecule has 1 heterocycles. The van der Waals surface area contributed by atoms with E-state index in [1.807, 2.05) is 0 Å². The number of Topliss-reactive ketones (excluding diaryl/α,β-unsaturated/α-hetero) is 1. The van der Waals surface area contributed by atoms with Gasteiger partial charge in [0, 0.05) is 6.42 Å².